The molecule has 0 N–H and O–H groups in total. The molecule has 1 amide bonds. The van der Waals surface area contributed by atoms with Crippen molar-refractivity contribution in [1.29, 1.82) is 0 Å². The van der Waals surface area contributed by atoms with Crippen LogP contribution in [0.1, 0.15) is 41.4 Å². The number of methoxy groups -OCH3 is 2. The number of aromatic nitrogens is 1. The molecule has 0 spiro atoms. The van der Waals surface area contributed by atoms with E-state index in [1.807, 2.05) is 13.0 Å². The second-order valence-electron chi connectivity index (χ2n) is 8.22. The first kappa shape index (κ1) is 23.5. The van der Waals surface area contributed by atoms with Crippen LogP contribution in [0.3, 0.4) is 0 Å². The van der Waals surface area contributed by atoms with E-state index in [1.165, 1.54) is 18.2 Å². The number of rotatable bonds is 7. The molecular formula is C26H32N2O4. The summed E-state index contributed by atoms with van der Waals surface area (Å²) in [6, 6.07) is 8.30. The van der Waals surface area contributed by atoms with Crippen LogP contribution in [0.4, 0.5) is 0 Å². The van der Waals surface area contributed by atoms with Gasteiger partial charge in [0.2, 0.25) is 0 Å². The van der Waals surface area contributed by atoms with Gasteiger partial charge in [-0.25, -0.2) is 4.79 Å². The monoisotopic (exact) mass is 436 g/mol. The highest BCUT2D eigenvalue weighted by atomic mass is 16.5. The topological polar surface area (TPSA) is 60.8 Å². The van der Waals surface area contributed by atoms with Crippen molar-refractivity contribution in [2.75, 3.05) is 27.4 Å². The van der Waals surface area contributed by atoms with Crippen molar-refractivity contribution in [2.45, 2.75) is 41.0 Å². The first-order valence-corrected chi connectivity index (χ1v) is 10.8. The summed E-state index contributed by atoms with van der Waals surface area (Å²) in [5, 5.41) is 0. The summed E-state index contributed by atoms with van der Waals surface area (Å²) in [5.41, 5.74) is 7.80. The lowest BCUT2D eigenvalue weighted by molar-refractivity contribution is -0.136. The smallest absolute Gasteiger partial charge is 0.340 e. The zero-order valence-electron chi connectivity index (χ0n) is 20.0. The molecule has 6 heteroatoms. The summed E-state index contributed by atoms with van der Waals surface area (Å²) in [6.45, 7) is 11.1. The number of aryl methyl sites for hydroxylation is 3. The average molecular weight is 437 g/mol. The number of carbonyl (C=O) groups excluding carboxylic acids is 2. The van der Waals surface area contributed by atoms with Gasteiger partial charge in [-0.15, -0.1) is 0 Å². The molecule has 1 aromatic heterocycles. The second-order valence-corrected chi connectivity index (χ2v) is 8.22. The first-order valence-electron chi connectivity index (χ1n) is 10.8. The highest BCUT2D eigenvalue weighted by Gasteiger charge is 2.37. The Balaban J connectivity index is 2.11. The molecule has 0 bridgehead atoms. The van der Waals surface area contributed by atoms with Crippen LogP contribution in [0.5, 0.6) is 0 Å². The minimum atomic E-state index is -0.500. The van der Waals surface area contributed by atoms with E-state index in [1.54, 1.807) is 18.9 Å². The minimum Gasteiger partial charge on any atom is -0.465 e. The van der Waals surface area contributed by atoms with Gasteiger partial charge in [-0.1, -0.05) is 18.2 Å². The molecular weight excluding hydrogens is 404 g/mol. The Hall–Kier alpha value is -3.12. The zero-order chi connectivity index (χ0) is 23.6. The highest BCUT2D eigenvalue weighted by molar-refractivity contribution is 6.16. The molecule has 1 aliphatic heterocycles. The average Bonchev–Trinajstić information content (AvgIpc) is 3.15. The Morgan fingerprint density at radius 2 is 1.72 bits per heavy atom. The van der Waals surface area contributed by atoms with Crippen LogP contribution >= 0.6 is 0 Å². The normalized spacial score (nSPS) is 15.3. The number of hydrogen-bond acceptors (Lipinski definition) is 4. The summed E-state index contributed by atoms with van der Waals surface area (Å²) in [4.78, 5) is 27.5. The van der Waals surface area contributed by atoms with E-state index in [4.69, 9.17) is 9.47 Å². The largest absolute Gasteiger partial charge is 0.465 e. The van der Waals surface area contributed by atoms with Crippen LogP contribution in [0.25, 0.3) is 11.8 Å². The highest BCUT2D eigenvalue weighted by Crippen LogP contribution is 2.34. The van der Waals surface area contributed by atoms with Crippen molar-refractivity contribution in [2.24, 2.45) is 0 Å². The second kappa shape index (κ2) is 9.57. The number of hydrogen-bond donors (Lipinski definition) is 0. The number of nitrogens with zero attached hydrogens (tertiary/aromatic N) is 2. The number of allylic oxidation sites excluding steroid dienone is 1. The van der Waals surface area contributed by atoms with Crippen molar-refractivity contribution in [1.82, 2.24) is 9.47 Å². The molecule has 1 aromatic carbocycles. The first-order chi connectivity index (χ1) is 15.2. The van der Waals surface area contributed by atoms with E-state index in [0.717, 1.165) is 22.6 Å². The molecule has 0 radical (unpaired) electrons. The molecule has 2 heterocycles. The van der Waals surface area contributed by atoms with Crippen molar-refractivity contribution < 1.29 is 19.1 Å². The number of carbonyl (C=O) groups is 2. The number of para-hydroxylation sites is 1. The van der Waals surface area contributed by atoms with Gasteiger partial charge in [0.15, 0.2) is 0 Å². The van der Waals surface area contributed by atoms with Crippen molar-refractivity contribution in [3.05, 3.63) is 69.2 Å². The molecule has 0 atom stereocenters. The number of amides is 1. The molecule has 170 valence electrons. The third kappa shape index (κ3) is 4.15. The summed E-state index contributed by atoms with van der Waals surface area (Å²) in [5.74, 6) is -0.684. The molecule has 0 saturated carbocycles. The van der Waals surface area contributed by atoms with Gasteiger partial charge in [-0.05, 0) is 69.9 Å². The predicted molar refractivity (Wildman–Crippen MR) is 126 cm³/mol. The quantitative estimate of drug-likeness (QED) is 0.366. The van der Waals surface area contributed by atoms with Crippen LogP contribution in [-0.4, -0.2) is 48.7 Å². The Morgan fingerprint density at radius 1 is 1.06 bits per heavy atom. The van der Waals surface area contributed by atoms with Crippen LogP contribution in [-0.2, 0) is 19.1 Å². The van der Waals surface area contributed by atoms with E-state index in [-0.39, 0.29) is 5.91 Å². The van der Waals surface area contributed by atoms with E-state index in [9.17, 15) is 9.59 Å². The van der Waals surface area contributed by atoms with E-state index in [0.29, 0.717) is 36.4 Å². The molecule has 0 saturated heterocycles. The van der Waals surface area contributed by atoms with Crippen molar-refractivity contribution >= 4 is 18.0 Å². The summed E-state index contributed by atoms with van der Waals surface area (Å²) >= 11 is 0. The SMILES string of the molecule is COCCCN1C(=O)/C(=C/c2cc(C)n(-c3c(C)cccc3C)c2C)C(C(=O)OC)=C1C. The Morgan fingerprint density at radius 3 is 2.31 bits per heavy atom. The molecule has 32 heavy (non-hydrogen) atoms. The summed E-state index contributed by atoms with van der Waals surface area (Å²) in [7, 11) is 2.97. The van der Waals surface area contributed by atoms with E-state index >= 15 is 0 Å². The lowest BCUT2D eigenvalue weighted by Gasteiger charge is -2.17. The third-order valence-electron chi connectivity index (χ3n) is 6.06. The zero-order valence-corrected chi connectivity index (χ0v) is 20.0. The maximum atomic E-state index is 13.3. The molecule has 6 nitrogen and oxygen atoms in total. The predicted octanol–water partition coefficient (Wildman–Crippen LogP) is 4.42. The molecule has 0 unspecified atom stereocenters. The maximum Gasteiger partial charge on any atom is 0.340 e. The number of benzene rings is 1. The fourth-order valence-electron chi connectivity index (χ4n) is 4.46. The lowest BCUT2D eigenvalue weighted by atomic mass is 10.0. The molecule has 1 aliphatic rings. The van der Waals surface area contributed by atoms with Gasteiger partial charge in [0.05, 0.1) is 23.9 Å². The van der Waals surface area contributed by atoms with Crippen LogP contribution < -0.4 is 0 Å². The minimum absolute atomic E-state index is 0.184. The standard InChI is InChI=1S/C26H32N2O4/c1-16-10-8-11-17(2)24(16)28-18(3)14-21(19(28)4)15-22-23(26(30)32-7)20(5)27(25(22)29)12-9-13-31-6/h8,10-11,14-15H,9,12-13H2,1-7H3/b22-15+. The third-order valence-corrected chi connectivity index (χ3v) is 6.06. The summed E-state index contributed by atoms with van der Waals surface area (Å²) < 4.78 is 12.3. The van der Waals surface area contributed by atoms with Gasteiger partial charge >= 0.3 is 5.97 Å². The van der Waals surface area contributed by atoms with Gasteiger partial charge in [-0.2, -0.15) is 0 Å². The maximum absolute atomic E-state index is 13.3. The van der Waals surface area contributed by atoms with Crippen LogP contribution in [0.15, 0.2) is 41.1 Å². The van der Waals surface area contributed by atoms with Crippen LogP contribution in [0, 0.1) is 27.7 Å². The number of ether oxygens (including phenoxy) is 2. The Labute approximate surface area is 190 Å². The molecule has 3 rings (SSSR count). The lowest BCUT2D eigenvalue weighted by Crippen LogP contribution is -2.26. The van der Waals surface area contributed by atoms with Gasteiger partial charge in [-0.3, -0.25) is 4.79 Å². The Kier molecular flexibility index (Phi) is 7.04. The van der Waals surface area contributed by atoms with Gasteiger partial charge in [0.25, 0.3) is 5.91 Å². The molecule has 2 aromatic rings. The molecule has 0 fully saturated rings. The van der Waals surface area contributed by atoms with E-state index < -0.39 is 5.97 Å². The van der Waals surface area contributed by atoms with Gasteiger partial charge in [0.1, 0.15) is 0 Å². The van der Waals surface area contributed by atoms with Crippen LogP contribution in [0.2, 0.25) is 0 Å². The Bertz CT molecular complexity index is 1100. The van der Waals surface area contributed by atoms with Gasteiger partial charge in [0, 0.05) is 37.3 Å². The van der Waals surface area contributed by atoms with Gasteiger partial charge < -0.3 is 18.9 Å². The fraction of sp³-hybridized carbons (Fsp3) is 0.385. The summed E-state index contributed by atoms with van der Waals surface area (Å²) in [6.07, 6.45) is 2.50. The van der Waals surface area contributed by atoms with E-state index in [2.05, 4.69) is 49.6 Å². The molecule has 0 aliphatic carbocycles. The number of esters is 1. The fourth-order valence-corrected chi connectivity index (χ4v) is 4.46. The van der Waals surface area contributed by atoms with Crippen molar-refractivity contribution in [3.63, 3.8) is 0 Å². The van der Waals surface area contributed by atoms with Crippen molar-refractivity contribution in [3.8, 4) is 5.69 Å².